The van der Waals surface area contributed by atoms with Crippen LogP contribution < -0.4 is 10.3 Å². The number of hydrogen-bond donors (Lipinski definition) is 1. The van der Waals surface area contributed by atoms with Crippen LogP contribution in [0.2, 0.25) is 0 Å². The number of ether oxygens (including phenoxy) is 1. The molecule has 1 amide bonds. The maximum atomic E-state index is 12.7. The van der Waals surface area contributed by atoms with Gasteiger partial charge in [0.2, 0.25) is 0 Å². The molecule has 0 atom stereocenters. The summed E-state index contributed by atoms with van der Waals surface area (Å²) in [6, 6.07) is 7.78. The van der Waals surface area contributed by atoms with Crippen LogP contribution in [-0.4, -0.2) is 43.9 Å². The van der Waals surface area contributed by atoms with Gasteiger partial charge in [-0.1, -0.05) is 32.9 Å². The van der Waals surface area contributed by atoms with Crippen molar-refractivity contribution >= 4 is 5.91 Å². The van der Waals surface area contributed by atoms with Crippen molar-refractivity contribution in [1.82, 2.24) is 24.8 Å². The summed E-state index contributed by atoms with van der Waals surface area (Å²) < 4.78 is 5.68. The highest BCUT2D eigenvalue weighted by molar-refractivity contribution is 5.78. The summed E-state index contributed by atoms with van der Waals surface area (Å²) >= 11 is 0. The first-order valence-corrected chi connectivity index (χ1v) is 10.2. The quantitative estimate of drug-likeness (QED) is 0.697. The molecule has 8 nitrogen and oxygen atoms in total. The molecule has 4 rings (SSSR count). The third kappa shape index (κ3) is 4.63. The number of benzene rings is 1. The van der Waals surface area contributed by atoms with Crippen molar-refractivity contribution in [3.8, 4) is 17.3 Å². The van der Waals surface area contributed by atoms with Crippen LogP contribution in [0.5, 0.6) is 5.75 Å². The Hall–Kier alpha value is -3.55. The molecule has 8 heteroatoms. The largest absolute Gasteiger partial charge is 0.484 e. The Balaban J connectivity index is 1.41. The van der Waals surface area contributed by atoms with E-state index in [1.165, 1.54) is 5.56 Å². The molecule has 0 saturated heterocycles. The second-order valence-electron chi connectivity index (χ2n) is 8.56. The molecule has 160 valence electrons. The summed E-state index contributed by atoms with van der Waals surface area (Å²) in [5.41, 5.74) is 2.69. The van der Waals surface area contributed by atoms with Gasteiger partial charge < -0.3 is 14.6 Å². The zero-order chi connectivity index (χ0) is 22.0. The summed E-state index contributed by atoms with van der Waals surface area (Å²) in [5, 5.41) is 0. The van der Waals surface area contributed by atoms with Gasteiger partial charge in [-0.05, 0) is 23.1 Å². The predicted octanol–water partition coefficient (Wildman–Crippen LogP) is 2.49. The average molecular weight is 419 g/mol. The Kier molecular flexibility index (Phi) is 5.54. The number of nitrogens with one attached hydrogen (secondary N) is 1. The maximum Gasteiger partial charge on any atom is 0.260 e. The van der Waals surface area contributed by atoms with Crippen molar-refractivity contribution in [2.75, 3.05) is 13.2 Å². The number of rotatable bonds is 4. The number of aromatic amines is 1. The van der Waals surface area contributed by atoms with Crippen LogP contribution in [0.4, 0.5) is 0 Å². The summed E-state index contributed by atoms with van der Waals surface area (Å²) in [7, 11) is 0. The Morgan fingerprint density at radius 2 is 1.97 bits per heavy atom. The van der Waals surface area contributed by atoms with Gasteiger partial charge in [0.15, 0.2) is 12.4 Å². The van der Waals surface area contributed by atoms with Gasteiger partial charge >= 0.3 is 0 Å². The minimum absolute atomic E-state index is 0.0591. The van der Waals surface area contributed by atoms with Gasteiger partial charge in [-0.15, -0.1) is 0 Å². The Labute approximate surface area is 180 Å². The molecule has 0 saturated carbocycles. The summed E-state index contributed by atoms with van der Waals surface area (Å²) in [5.74, 6) is 0.869. The molecule has 1 aromatic carbocycles. The van der Waals surface area contributed by atoms with Crippen molar-refractivity contribution in [2.24, 2.45) is 0 Å². The van der Waals surface area contributed by atoms with E-state index in [1.807, 2.05) is 24.3 Å². The zero-order valence-corrected chi connectivity index (χ0v) is 17.9. The fraction of sp³-hybridized carbons (Fsp3) is 0.348. The molecule has 3 heterocycles. The van der Waals surface area contributed by atoms with Crippen molar-refractivity contribution in [3.63, 3.8) is 0 Å². The number of carbonyl (C=O) groups excluding carboxylic acids is 1. The maximum absolute atomic E-state index is 12.7. The standard InChI is InChI=1S/C23H25N5O3/c1-23(2,3)15-4-6-16(7-5-15)31-14-20(29)28-11-8-18-17(13-28)22(30)27-21(26-18)19-12-24-9-10-25-19/h4-7,9-10,12H,8,11,13-14H2,1-3H3,(H,26,27,30). The van der Waals surface area contributed by atoms with Gasteiger partial charge in [0.05, 0.1) is 24.0 Å². The van der Waals surface area contributed by atoms with Gasteiger partial charge in [0.1, 0.15) is 11.4 Å². The van der Waals surface area contributed by atoms with E-state index >= 15 is 0 Å². The minimum Gasteiger partial charge on any atom is -0.484 e. The normalized spacial score (nSPS) is 13.6. The lowest BCUT2D eigenvalue weighted by molar-refractivity contribution is -0.134. The molecule has 1 N–H and O–H groups in total. The summed E-state index contributed by atoms with van der Waals surface area (Å²) in [6.07, 6.45) is 5.16. The van der Waals surface area contributed by atoms with Gasteiger partial charge in [-0.2, -0.15) is 0 Å². The topological polar surface area (TPSA) is 101 Å². The Morgan fingerprint density at radius 1 is 1.19 bits per heavy atom. The highest BCUT2D eigenvalue weighted by Crippen LogP contribution is 2.24. The first-order valence-electron chi connectivity index (χ1n) is 10.2. The van der Waals surface area contributed by atoms with E-state index in [0.717, 1.165) is 0 Å². The molecule has 0 bridgehead atoms. The Bertz CT molecular complexity index is 1130. The van der Waals surface area contributed by atoms with Crippen LogP contribution >= 0.6 is 0 Å². The highest BCUT2D eigenvalue weighted by atomic mass is 16.5. The van der Waals surface area contributed by atoms with E-state index in [1.54, 1.807) is 23.5 Å². The van der Waals surface area contributed by atoms with Crippen LogP contribution in [0.3, 0.4) is 0 Å². The molecule has 31 heavy (non-hydrogen) atoms. The SMILES string of the molecule is CC(C)(C)c1ccc(OCC(=O)N2CCc3nc(-c4cnccn4)[nH]c(=O)c3C2)cc1. The molecule has 0 spiro atoms. The van der Waals surface area contributed by atoms with E-state index in [2.05, 4.69) is 40.7 Å². The number of fused-ring (bicyclic) bond motifs is 1. The van der Waals surface area contributed by atoms with Gasteiger partial charge in [0.25, 0.3) is 11.5 Å². The van der Waals surface area contributed by atoms with Crippen LogP contribution in [-0.2, 0) is 23.2 Å². The predicted molar refractivity (Wildman–Crippen MR) is 116 cm³/mol. The van der Waals surface area contributed by atoms with Crippen LogP contribution in [0.1, 0.15) is 37.6 Å². The summed E-state index contributed by atoms with van der Waals surface area (Å²) in [6.45, 7) is 7.05. The van der Waals surface area contributed by atoms with Crippen LogP contribution in [0, 0.1) is 0 Å². The van der Waals surface area contributed by atoms with Crippen molar-refractivity contribution in [2.45, 2.75) is 39.2 Å². The van der Waals surface area contributed by atoms with Gasteiger partial charge in [0, 0.05) is 25.4 Å². The molecule has 0 aliphatic carbocycles. The van der Waals surface area contributed by atoms with E-state index in [0.29, 0.717) is 41.5 Å². The molecule has 3 aromatic rings. The van der Waals surface area contributed by atoms with Crippen molar-refractivity contribution < 1.29 is 9.53 Å². The monoisotopic (exact) mass is 419 g/mol. The molecular weight excluding hydrogens is 394 g/mol. The molecule has 0 radical (unpaired) electrons. The van der Waals surface area contributed by atoms with Gasteiger partial charge in [-0.25, -0.2) is 9.97 Å². The third-order valence-corrected chi connectivity index (χ3v) is 5.31. The van der Waals surface area contributed by atoms with Crippen LogP contribution in [0.15, 0.2) is 47.7 Å². The number of amides is 1. The van der Waals surface area contributed by atoms with Crippen LogP contribution in [0.25, 0.3) is 11.5 Å². The van der Waals surface area contributed by atoms with E-state index in [9.17, 15) is 9.59 Å². The molecule has 1 aliphatic heterocycles. The Morgan fingerprint density at radius 3 is 2.65 bits per heavy atom. The minimum atomic E-state index is -0.262. The van der Waals surface area contributed by atoms with Crippen molar-refractivity contribution in [1.29, 1.82) is 0 Å². The summed E-state index contributed by atoms with van der Waals surface area (Å²) in [4.78, 5) is 42.4. The molecule has 1 aliphatic rings. The molecule has 0 fully saturated rings. The zero-order valence-electron chi connectivity index (χ0n) is 17.9. The molecule has 0 unspecified atom stereocenters. The highest BCUT2D eigenvalue weighted by Gasteiger charge is 2.25. The number of hydrogen-bond acceptors (Lipinski definition) is 6. The first kappa shape index (κ1) is 20.7. The van der Waals surface area contributed by atoms with E-state index < -0.39 is 0 Å². The van der Waals surface area contributed by atoms with E-state index in [-0.39, 0.29) is 30.0 Å². The lowest BCUT2D eigenvalue weighted by atomic mass is 9.87. The first-order chi connectivity index (χ1) is 14.8. The van der Waals surface area contributed by atoms with E-state index in [4.69, 9.17) is 4.74 Å². The lowest BCUT2D eigenvalue weighted by Gasteiger charge is -2.27. The average Bonchev–Trinajstić information content (AvgIpc) is 2.77. The fourth-order valence-electron chi connectivity index (χ4n) is 3.47. The van der Waals surface area contributed by atoms with Crippen molar-refractivity contribution in [3.05, 3.63) is 70.0 Å². The fourth-order valence-corrected chi connectivity index (χ4v) is 3.47. The third-order valence-electron chi connectivity index (χ3n) is 5.31. The second kappa shape index (κ2) is 8.29. The number of H-pyrrole nitrogens is 1. The number of nitrogens with zero attached hydrogens (tertiary/aromatic N) is 4. The lowest BCUT2D eigenvalue weighted by Crippen LogP contribution is -2.41. The molecular formula is C23H25N5O3. The number of aromatic nitrogens is 4. The smallest absolute Gasteiger partial charge is 0.260 e. The second-order valence-corrected chi connectivity index (χ2v) is 8.56. The van der Waals surface area contributed by atoms with Gasteiger partial charge in [-0.3, -0.25) is 14.6 Å². The number of carbonyl (C=O) groups is 1. The molecule has 2 aromatic heterocycles.